The average molecular weight is 336 g/mol. The number of nitrogens with two attached hydrogens (primary N) is 1. The summed E-state index contributed by atoms with van der Waals surface area (Å²) in [6.45, 7) is 6.64. The molecule has 20 heavy (non-hydrogen) atoms. The molecule has 0 radical (unpaired) electrons. The standard InChI is InChI=1S/C15H18BrN3O/c1-4-15(2,3)10-5-7-11(8-6-10)20-14-12(16)13(17)18-9-19-14/h5-9H,4H2,1-3H3,(H2,17,18,19). The van der Waals surface area contributed by atoms with E-state index in [0.29, 0.717) is 16.2 Å². The van der Waals surface area contributed by atoms with Crippen LogP contribution in [-0.2, 0) is 5.41 Å². The number of hydrogen-bond donors (Lipinski definition) is 1. The molecule has 0 bridgehead atoms. The second kappa shape index (κ2) is 5.79. The minimum atomic E-state index is 0.165. The zero-order valence-corrected chi connectivity index (χ0v) is 13.4. The first-order chi connectivity index (χ1) is 9.44. The number of rotatable bonds is 4. The summed E-state index contributed by atoms with van der Waals surface area (Å²) in [6, 6.07) is 8.05. The van der Waals surface area contributed by atoms with Crippen LogP contribution in [0.15, 0.2) is 35.1 Å². The van der Waals surface area contributed by atoms with Crippen LogP contribution in [0.5, 0.6) is 11.6 Å². The first-order valence-electron chi connectivity index (χ1n) is 6.48. The van der Waals surface area contributed by atoms with Crippen molar-refractivity contribution in [3.05, 3.63) is 40.6 Å². The summed E-state index contributed by atoms with van der Waals surface area (Å²) in [7, 11) is 0. The predicted octanol–water partition coefficient (Wildman–Crippen LogP) is 4.30. The molecule has 1 heterocycles. The Bertz CT molecular complexity index is 597. The van der Waals surface area contributed by atoms with E-state index in [1.807, 2.05) is 12.1 Å². The molecule has 1 aromatic heterocycles. The maximum absolute atomic E-state index is 5.71. The van der Waals surface area contributed by atoms with Crippen molar-refractivity contribution in [2.24, 2.45) is 0 Å². The second-order valence-corrected chi connectivity index (χ2v) is 6.03. The van der Waals surface area contributed by atoms with Crippen LogP contribution in [-0.4, -0.2) is 9.97 Å². The van der Waals surface area contributed by atoms with Gasteiger partial charge >= 0.3 is 0 Å². The second-order valence-electron chi connectivity index (χ2n) is 5.24. The highest BCUT2D eigenvalue weighted by Crippen LogP contribution is 2.32. The number of nitrogens with zero attached hydrogens (tertiary/aromatic N) is 2. The van der Waals surface area contributed by atoms with Gasteiger partial charge < -0.3 is 10.5 Å². The lowest BCUT2D eigenvalue weighted by atomic mass is 9.82. The van der Waals surface area contributed by atoms with Gasteiger partial charge in [-0.05, 0) is 45.5 Å². The molecule has 0 aliphatic heterocycles. The van der Waals surface area contributed by atoms with Crippen LogP contribution in [0.3, 0.4) is 0 Å². The quantitative estimate of drug-likeness (QED) is 0.904. The van der Waals surface area contributed by atoms with Gasteiger partial charge in [0.1, 0.15) is 22.4 Å². The highest BCUT2D eigenvalue weighted by Gasteiger charge is 2.17. The SMILES string of the molecule is CCC(C)(C)c1ccc(Oc2ncnc(N)c2Br)cc1. The van der Waals surface area contributed by atoms with E-state index in [1.165, 1.54) is 11.9 Å². The van der Waals surface area contributed by atoms with Gasteiger partial charge in [0.05, 0.1) is 0 Å². The third kappa shape index (κ3) is 3.10. The molecule has 0 amide bonds. The minimum absolute atomic E-state index is 0.165. The smallest absolute Gasteiger partial charge is 0.238 e. The van der Waals surface area contributed by atoms with Crippen molar-refractivity contribution in [1.82, 2.24) is 9.97 Å². The monoisotopic (exact) mass is 335 g/mol. The van der Waals surface area contributed by atoms with E-state index in [2.05, 4.69) is 58.8 Å². The van der Waals surface area contributed by atoms with E-state index in [0.717, 1.165) is 12.2 Å². The van der Waals surface area contributed by atoms with E-state index in [1.54, 1.807) is 0 Å². The van der Waals surface area contributed by atoms with Gasteiger partial charge in [0.25, 0.3) is 0 Å². The van der Waals surface area contributed by atoms with Crippen molar-refractivity contribution >= 4 is 21.7 Å². The molecule has 0 aliphatic carbocycles. The number of hydrogen-bond acceptors (Lipinski definition) is 4. The maximum Gasteiger partial charge on any atom is 0.238 e. The third-order valence-corrected chi connectivity index (χ3v) is 4.26. The fourth-order valence-electron chi connectivity index (χ4n) is 1.73. The van der Waals surface area contributed by atoms with Gasteiger partial charge in [-0.25, -0.2) is 9.97 Å². The third-order valence-electron chi connectivity index (χ3n) is 3.52. The summed E-state index contributed by atoms with van der Waals surface area (Å²) in [4.78, 5) is 7.94. The van der Waals surface area contributed by atoms with E-state index in [4.69, 9.17) is 10.5 Å². The molecule has 4 nitrogen and oxygen atoms in total. The van der Waals surface area contributed by atoms with Gasteiger partial charge in [-0.2, -0.15) is 0 Å². The Morgan fingerprint density at radius 1 is 1.20 bits per heavy atom. The Morgan fingerprint density at radius 2 is 1.85 bits per heavy atom. The number of nitrogen functional groups attached to an aromatic ring is 1. The van der Waals surface area contributed by atoms with Crippen LogP contribution in [0.2, 0.25) is 0 Å². The average Bonchev–Trinajstić information content (AvgIpc) is 2.44. The summed E-state index contributed by atoms with van der Waals surface area (Å²) < 4.78 is 6.28. The van der Waals surface area contributed by atoms with Gasteiger partial charge in [-0.3, -0.25) is 0 Å². The summed E-state index contributed by atoms with van der Waals surface area (Å²) in [6.07, 6.45) is 2.46. The zero-order valence-electron chi connectivity index (χ0n) is 11.9. The highest BCUT2D eigenvalue weighted by molar-refractivity contribution is 9.10. The van der Waals surface area contributed by atoms with Crippen molar-refractivity contribution in [2.45, 2.75) is 32.6 Å². The molecule has 1 aromatic carbocycles. The zero-order chi connectivity index (χ0) is 14.8. The lowest BCUT2D eigenvalue weighted by molar-refractivity contribution is 0.456. The summed E-state index contributed by atoms with van der Waals surface area (Å²) in [5.74, 6) is 1.50. The van der Waals surface area contributed by atoms with Gasteiger partial charge in [-0.1, -0.05) is 32.9 Å². The lowest BCUT2D eigenvalue weighted by Gasteiger charge is -2.23. The molecule has 0 aliphatic rings. The van der Waals surface area contributed by atoms with Gasteiger partial charge in [0.15, 0.2) is 0 Å². The Kier molecular flexibility index (Phi) is 4.28. The molecule has 2 aromatic rings. The molecule has 0 atom stereocenters. The largest absolute Gasteiger partial charge is 0.438 e. The van der Waals surface area contributed by atoms with Crippen LogP contribution < -0.4 is 10.5 Å². The molecule has 2 N–H and O–H groups in total. The van der Waals surface area contributed by atoms with Crippen LogP contribution in [0.25, 0.3) is 0 Å². The number of ether oxygens (including phenoxy) is 1. The van der Waals surface area contributed by atoms with E-state index >= 15 is 0 Å². The summed E-state index contributed by atoms with van der Waals surface area (Å²) >= 11 is 3.32. The van der Waals surface area contributed by atoms with Crippen LogP contribution in [0, 0.1) is 0 Å². The fourth-order valence-corrected chi connectivity index (χ4v) is 2.01. The molecule has 0 saturated heterocycles. The molecule has 0 unspecified atom stereocenters. The van der Waals surface area contributed by atoms with Crippen LogP contribution >= 0.6 is 15.9 Å². The predicted molar refractivity (Wildman–Crippen MR) is 84.0 cm³/mol. The van der Waals surface area contributed by atoms with Gasteiger partial charge in [0, 0.05) is 0 Å². The molecule has 2 rings (SSSR count). The fraction of sp³-hybridized carbons (Fsp3) is 0.333. The number of aromatic nitrogens is 2. The van der Waals surface area contributed by atoms with Crippen molar-refractivity contribution in [2.75, 3.05) is 5.73 Å². The normalized spacial score (nSPS) is 11.4. The van der Waals surface area contributed by atoms with Crippen molar-refractivity contribution in [1.29, 1.82) is 0 Å². The van der Waals surface area contributed by atoms with Crippen LogP contribution in [0.1, 0.15) is 32.8 Å². The first kappa shape index (κ1) is 14.8. The Hall–Kier alpha value is -1.62. The molecule has 0 spiro atoms. The lowest BCUT2D eigenvalue weighted by Crippen LogP contribution is -2.14. The number of halogens is 1. The van der Waals surface area contributed by atoms with E-state index < -0.39 is 0 Å². The van der Waals surface area contributed by atoms with E-state index in [9.17, 15) is 0 Å². The van der Waals surface area contributed by atoms with Crippen molar-refractivity contribution in [3.63, 3.8) is 0 Å². The Labute approximate surface area is 127 Å². The van der Waals surface area contributed by atoms with Crippen molar-refractivity contribution < 1.29 is 4.74 Å². The molecular formula is C15H18BrN3O. The van der Waals surface area contributed by atoms with Gasteiger partial charge in [-0.15, -0.1) is 0 Å². The maximum atomic E-state index is 5.71. The number of benzene rings is 1. The van der Waals surface area contributed by atoms with E-state index in [-0.39, 0.29) is 5.41 Å². The number of anilines is 1. The Morgan fingerprint density at radius 3 is 2.45 bits per heavy atom. The molecular weight excluding hydrogens is 318 g/mol. The summed E-state index contributed by atoms with van der Waals surface area (Å²) in [5, 5.41) is 0. The highest BCUT2D eigenvalue weighted by atomic mass is 79.9. The van der Waals surface area contributed by atoms with Crippen molar-refractivity contribution in [3.8, 4) is 11.6 Å². The first-order valence-corrected chi connectivity index (χ1v) is 7.27. The molecule has 5 heteroatoms. The Balaban J connectivity index is 2.21. The molecule has 106 valence electrons. The topological polar surface area (TPSA) is 61.0 Å². The molecule has 0 fully saturated rings. The minimum Gasteiger partial charge on any atom is -0.438 e. The van der Waals surface area contributed by atoms with Crippen LogP contribution in [0.4, 0.5) is 5.82 Å². The van der Waals surface area contributed by atoms with Gasteiger partial charge in [0.2, 0.25) is 5.88 Å². The molecule has 0 saturated carbocycles. The summed E-state index contributed by atoms with van der Waals surface area (Å²) in [5.41, 5.74) is 7.15.